The molecule has 3 rings (SSSR count). The fraction of sp³-hybridized carbons (Fsp3) is 0.292. The molecule has 0 amide bonds. The smallest absolute Gasteiger partial charge is 0.382 e. The summed E-state index contributed by atoms with van der Waals surface area (Å²) in [7, 11) is 0. The number of nitrogens with one attached hydrogen (secondary N) is 1. The lowest BCUT2D eigenvalue weighted by Crippen LogP contribution is -2.46. The van der Waals surface area contributed by atoms with Crippen molar-refractivity contribution in [3.05, 3.63) is 101 Å². The maximum atomic E-state index is 14.4. The lowest BCUT2D eigenvalue weighted by molar-refractivity contribution is -0.201. The van der Waals surface area contributed by atoms with E-state index in [9.17, 15) is 40.2 Å². The number of halogens is 8. The molecule has 3 aromatic rings. The quantitative estimate of drug-likeness (QED) is 0.403. The Morgan fingerprint density at radius 1 is 0.829 bits per heavy atom. The van der Waals surface area contributed by atoms with Gasteiger partial charge in [0.2, 0.25) is 0 Å². The molecule has 2 atom stereocenters. The second kappa shape index (κ2) is 10.3. The molecular formula is C24H20F8N2O. The summed E-state index contributed by atoms with van der Waals surface area (Å²) >= 11 is 0. The second-order valence-corrected chi connectivity index (χ2v) is 8.02. The van der Waals surface area contributed by atoms with Gasteiger partial charge in [-0.25, -0.2) is 8.78 Å². The molecule has 11 heteroatoms. The SMILES string of the molecule is O[C@H](CNC[C@](Cc1ccccc1)(c1cc(F)cc(C(F)(F)F)c1)c1ccc(F)cn1)C(F)(F)F. The summed E-state index contributed by atoms with van der Waals surface area (Å²) in [5.74, 6) is -1.97. The van der Waals surface area contributed by atoms with Crippen LogP contribution in [0.15, 0.2) is 66.9 Å². The Labute approximate surface area is 195 Å². The molecule has 0 radical (unpaired) electrons. The van der Waals surface area contributed by atoms with Crippen LogP contribution in [0, 0.1) is 11.6 Å². The van der Waals surface area contributed by atoms with Crippen molar-refractivity contribution in [1.29, 1.82) is 0 Å². The van der Waals surface area contributed by atoms with Gasteiger partial charge >= 0.3 is 12.4 Å². The van der Waals surface area contributed by atoms with Gasteiger partial charge in [0, 0.05) is 13.1 Å². The first-order valence-corrected chi connectivity index (χ1v) is 10.3. The Morgan fingerprint density at radius 3 is 2.06 bits per heavy atom. The van der Waals surface area contributed by atoms with Crippen LogP contribution in [0.5, 0.6) is 0 Å². The Hall–Kier alpha value is -3.05. The van der Waals surface area contributed by atoms with Gasteiger partial charge < -0.3 is 10.4 Å². The number of alkyl halides is 6. The lowest BCUT2D eigenvalue weighted by atomic mass is 9.72. The van der Waals surface area contributed by atoms with Crippen LogP contribution in [0.1, 0.15) is 22.4 Å². The van der Waals surface area contributed by atoms with E-state index in [4.69, 9.17) is 0 Å². The van der Waals surface area contributed by atoms with Crippen LogP contribution < -0.4 is 5.32 Å². The van der Waals surface area contributed by atoms with Crippen molar-refractivity contribution in [2.75, 3.05) is 13.1 Å². The fourth-order valence-corrected chi connectivity index (χ4v) is 3.77. The van der Waals surface area contributed by atoms with Crippen LogP contribution in [-0.4, -0.2) is 35.5 Å². The van der Waals surface area contributed by atoms with Crippen LogP contribution in [0.3, 0.4) is 0 Å². The standard InChI is InChI=1S/C24H20F8N2O/c25-18-6-7-20(34-12-18)22(11-15-4-2-1-3-5-15,14-33-13-21(35)24(30,31)32)16-8-17(23(27,28)29)10-19(26)9-16/h1-10,12,21,33,35H,11,13-14H2/t21-,22-/m1/s1. The van der Waals surface area contributed by atoms with Crippen molar-refractivity contribution in [2.24, 2.45) is 0 Å². The summed E-state index contributed by atoms with van der Waals surface area (Å²) in [6, 6.07) is 12.2. The van der Waals surface area contributed by atoms with Crippen molar-refractivity contribution in [3.63, 3.8) is 0 Å². The molecule has 0 aliphatic carbocycles. The maximum Gasteiger partial charge on any atom is 0.416 e. The summed E-state index contributed by atoms with van der Waals surface area (Å²) < 4.78 is 107. The van der Waals surface area contributed by atoms with Crippen LogP contribution in [0.2, 0.25) is 0 Å². The average Bonchev–Trinajstić information content (AvgIpc) is 2.78. The molecule has 2 N–H and O–H groups in total. The summed E-state index contributed by atoms with van der Waals surface area (Å²) in [4.78, 5) is 3.99. The number of nitrogens with zero attached hydrogens (tertiary/aromatic N) is 1. The lowest BCUT2D eigenvalue weighted by Gasteiger charge is -2.35. The van der Waals surface area contributed by atoms with E-state index >= 15 is 0 Å². The Kier molecular flexibility index (Phi) is 7.80. The Morgan fingerprint density at radius 2 is 1.49 bits per heavy atom. The van der Waals surface area contributed by atoms with Gasteiger partial charge in [0.05, 0.1) is 22.9 Å². The van der Waals surface area contributed by atoms with Crippen molar-refractivity contribution < 1.29 is 40.2 Å². The minimum absolute atomic E-state index is 0.00419. The first-order chi connectivity index (χ1) is 16.3. The predicted octanol–water partition coefficient (Wildman–Crippen LogP) is 5.42. The van der Waals surface area contributed by atoms with Gasteiger partial charge in [0.1, 0.15) is 11.6 Å². The van der Waals surface area contributed by atoms with E-state index in [0.29, 0.717) is 17.7 Å². The van der Waals surface area contributed by atoms with Gasteiger partial charge in [0.15, 0.2) is 6.10 Å². The highest BCUT2D eigenvalue weighted by Crippen LogP contribution is 2.39. The monoisotopic (exact) mass is 504 g/mol. The molecule has 1 heterocycles. The summed E-state index contributed by atoms with van der Waals surface area (Å²) in [5, 5.41) is 11.8. The third kappa shape index (κ3) is 6.55. The number of benzene rings is 2. The van der Waals surface area contributed by atoms with Crippen LogP contribution in [-0.2, 0) is 18.0 Å². The molecule has 0 fully saturated rings. The minimum atomic E-state index is -4.94. The summed E-state index contributed by atoms with van der Waals surface area (Å²) in [6.07, 6.45) is -11.9. The van der Waals surface area contributed by atoms with Crippen molar-refractivity contribution in [3.8, 4) is 0 Å². The number of aliphatic hydroxyl groups excluding tert-OH is 1. The molecule has 2 aromatic carbocycles. The number of aliphatic hydroxyl groups is 1. The Balaban J connectivity index is 2.19. The third-order valence-corrected chi connectivity index (χ3v) is 5.49. The van der Waals surface area contributed by atoms with E-state index in [2.05, 4.69) is 10.3 Å². The molecule has 0 saturated carbocycles. The van der Waals surface area contributed by atoms with E-state index < -0.39 is 54.2 Å². The van der Waals surface area contributed by atoms with Crippen LogP contribution >= 0.6 is 0 Å². The molecule has 35 heavy (non-hydrogen) atoms. The van der Waals surface area contributed by atoms with Crippen molar-refractivity contribution >= 4 is 0 Å². The van der Waals surface area contributed by atoms with E-state index in [-0.39, 0.29) is 17.7 Å². The molecule has 188 valence electrons. The van der Waals surface area contributed by atoms with Gasteiger partial charge in [0.25, 0.3) is 0 Å². The highest BCUT2D eigenvalue weighted by molar-refractivity contribution is 5.42. The highest BCUT2D eigenvalue weighted by Gasteiger charge is 2.41. The largest absolute Gasteiger partial charge is 0.416 e. The number of hydrogen-bond acceptors (Lipinski definition) is 3. The van der Waals surface area contributed by atoms with Crippen LogP contribution in [0.4, 0.5) is 35.1 Å². The molecule has 0 aliphatic heterocycles. The van der Waals surface area contributed by atoms with E-state index in [1.165, 1.54) is 6.07 Å². The van der Waals surface area contributed by atoms with Crippen LogP contribution in [0.25, 0.3) is 0 Å². The molecule has 0 aliphatic rings. The van der Waals surface area contributed by atoms with E-state index in [1.807, 2.05) is 0 Å². The predicted molar refractivity (Wildman–Crippen MR) is 111 cm³/mol. The Bertz CT molecular complexity index is 1120. The van der Waals surface area contributed by atoms with Crippen molar-refractivity contribution in [2.45, 2.75) is 30.3 Å². The number of hydrogen-bond donors (Lipinski definition) is 2. The zero-order valence-corrected chi connectivity index (χ0v) is 18.0. The molecule has 0 saturated heterocycles. The fourth-order valence-electron chi connectivity index (χ4n) is 3.77. The number of rotatable bonds is 8. The first-order valence-electron chi connectivity index (χ1n) is 10.3. The molecule has 0 spiro atoms. The van der Waals surface area contributed by atoms with E-state index in [1.54, 1.807) is 30.3 Å². The molecule has 0 unspecified atom stereocenters. The minimum Gasteiger partial charge on any atom is -0.382 e. The topological polar surface area (TPSA) is 45.1 Å². The molecule has 1 aromatic heterocycles. The molecule has 3 nitrogen and oxygen atoms in total. The zero-order chi connectivity index (χ0) is 25.9. The van der Waals surface area contributed by atoms with Gasteiger partial charge in [-0.15, -0.1) is 0 Å². The number of pyridine rings is 1. The van der Waals surface area contributed by atoms with Gasteiger partial charge in [-0.1, -0.05) is 30.3 Å². The average molecular weight is 504 g/mol. The van der Waals surface area contributed by atoms with Gasteiger partial charge in [-0.05, 0) is 47.9 Å². The summed E-state index contributed by atoms with van der Waals surface area (Å²) in [5.41, 5.74) is -2.66. The van der Waals surface area contributed by atoms with Crippen molar-refractivity contribution in [1.82, 2.24) is 10.3 Å². The van der Waals surface area contributed by atoms with E-state index in [0.717, 1.165) is 18.3 Å². The second-order valence-electron chi connectivity index (χ2n) is 8.02. The van der Waals surface area contributed by atoms with Gasteiger partial charge in [-0.3, -0.25) is 4.98 Å². The third-order valence-electron chi connectivity index (χ3n) is 5.49. The molecular weight excluding hydrogens is 484 g/mol. The normalized spacial score (nSPS) is 15.0. The zero-order valence-electron chi connectivity index (χ0n) is 18.0. The highest BCUT2D eigenvalue weighted by atomic mass is 19.4. The maximum absolute atomic E-state index is 14.4. The first kappa shape index (κ1) is 26.6. The number of aromatic nitrogens is 1. The summed E-state index contributed by atoms with van der Waals surface area (Å²) in [6.45, 7) is -1.46. The molecule has 0 bridgehead atoms. The van der Waals surface area contributed by atoms with Gasteiger partial charge in [-0.2, -0.15) is 26.3 Å².